The Balaban J connectivity index is 3.06. The second-order valence-corrected chi connectivity index (χ2v) is 3.00. The fraction of sp³-hybridized carbons (Fsp3) is 1.00. The highest BCUT2D eigenvalue weighted by atomic mass is 16.3. The molecule has 0 N–H and O–H groups in total. The van der Waals surface area contributed by atoms with Gasteiger partial charge in [-0.05, 0) is 25.2 Å². The maximum Gasteiger partial charge on any atom is 0.0927 e. The highest BCUT2D eigenvalue weighted by Crippen LogP contribution is 2.08. The van der Waals surface area contributed by atoms with Crippen LogP contribution in [0.1, 0.15) is 40.0 Å². The van der Waals surface area contributed by atoms with Crippen LogP contribution in [0.15, 0.2) is 0 Å². The molecule has 0 aromatic rings. The molecule has 0 spiro atoms. The Hall–Kier alpha value is -0.0400. The molecule has 0 aliphatic rings. The van der Waals surface area contributed by atoms with Crippen LogP contribution in [0.25, 0.3) is 0 Å². The zero-order chi connectivity index (χ0) is 7.28. The summed E-state index contributed by atoms with van der Waals surface area (Å²) in [7, 11) is 0. The van der Waals surface area contributed by atoms with E-state index in [1.807, 2.05) is 6.92 Å². The van der Waals surface area contributed by atoms with Gasteiger partial charge in [-0.3, -0.25) is 0 Å². The lowest BCUT2D eigenvalue weighted by molar-refractivity contribution is 0.0731. The van der Waals surface area contributed by atoms with Gasteiger partial charge in [-0.15, -0.1) is 0 Å². The molecule has 0 saturated heterocycles. The molecular formula is C8H17O. The molecule has 9 heavy (non-hydrogen) atoms. The van der Waals surface area contributed by atoms with E-state index in [2.05, 4.69) is 13.8 Å². The topological polar surface area (TPSA) is 19.9 Å². The normalized spacial score (nSPS) is 14.3. The molecule has 55 valence electrons. The van der Waals surface area contributed by atoms with Crippen LogP contribution in [0.2, 0.25) is 0 Å². The Morgan fingerprint density at radius 1 is 1.22 bits per heavy atom. The summed E-state index contributed by atoms with van der Waals surface area (Å²) in [6.07, 6.45) is 2.41. The molecule has 0 aliphatic heterocycles. The molecule has 1 atom stereocenters. The van der Waals surface area contributed by atoms with Gasteiger partial charge in [-0.1, -0.05) is 20.8 Å². The molecular weight excluding hydrogens is 112 g/mol. The van der Waals surface area contributed by atoms with Gasteiger partial charge >= 0.3 is 0 Å². The molecule has 1 unspecified atom stereocenters. The number of rotatable bonds is 4. The van der Waals surface area contributed by atoms with E-state index in [1.165, 1.54) is 0 Å². The van der Waals surface area contributed by atoms with Crippen molar-refractivity contribution in [1.82, 2.24) is 0 Å². The second-order valence-electron chi connectivity index (χ2n) is 3.00. The van der Waals surface area contributed by atoms with Crippen molar-refractivity contribution in [1.29, 1.82) is 0 Å². The largest absolute Gasteiger partial charge is 0.233 e. The van der Waals surface area contributed by atoms with Gasteiger partial charge in [0.15, 0.2) is 0 Å². The van der Waals surface area contributed by atoms with Crippen LogP contribution >= 0.6 is 0 Å². The van der Waals surface area contributed by atoms with Crippen LogP contribution in [0.3, 0.4) is 0 Å². The first-order valence-electron chi connectivity index (χ1n) is 3.82. The van der Waals surface area contributed by atoms with Crippen LogP contribution in [-0.4, -0.2) is 6.10 Å². The van der Waals surface area contributed by atoms with Crippen molar-refractivity contribution in [3.8, 4) is 0 Å². The van der Waals surface area contributed by atoms with Gasteiger partial charge in [0.1, 0.15) is 0 Å². The van der Waals surface area contributed by atoms with Crippen LogP contribution in [0.5, 0.6) is 0 Å². The fourth-order valence-electron chi connectivity index (χ4n) is 0.723. The van der Waals surface area contributed by atoms with Gasteiger partial charge in [0, 0.05) is 0 Å². The first-order valence-corrected chi connectivity index (χ1v) is 3.82. The van der Waals surface area contributed by atoms with Crippen LogP contribution in [0, 0.1) is 5.92 Å². The standard InChI is InChI=1S/C8H17O/c1-4-8(9)6-5-7(2)3/h7-8H,4-6H2,1-3H3. The Morgan fingerprint density at radius 2 is 1.78 bits per heavy atom. The third-order valence-corrected chi connectivity index (χ3v) is 1.52. The lowest BCUT2D eigenvalue weighted by Gasteiger charge is -2.06. The van der Waals surface area contributed by atoms with E-state index >= 15 is 0 Å². The summed E-state index contributed by atoms with van der Waals surface area (Å²) in [6.45, 7) is 6.27. The monoisotopic (exact) mass is 129 g/mol. The minimum Gasteiger partial charge on any atom is -0.233 e. The highest BCUT2D eigenvalue weighted by Gasteiger charge is 2.02. The number of hydrogen-bond donors (Lipinski definition) is 0. The Kier molecular flexibility index (Phi) is 4.78. The molecule has 0 aromatic heterocycles. The van der Waals surface area contributed by atoms with Crippen LogP contribution < -0.4 is 0 Å². The molecule has 0 fully saturated rings. The minimum atomic E-state index is -0.313. The van der Waals surface area contributed by atoms with E-state index in [4.69, 9.17) is 0 Å². The molecule has 0 heterocycles. The lowest BCUT2D eigenvalue weighted by atomic mass is 10.0. The van der Waals surface area contributed by atoms with Gasteiger partial charge in [0.05, 0.1) is 6.10 Å². The number of hydrogen-bond acceptors (Lipinski definition) is 0. The summed E-state index contributed by atoms with van der Waals surface area (Å²) in [4.78, 5) is 0. The van der Waals surface area contributed by atoms with E-state index < -0.39 is 0 Å². The molecule has 1 heteroatoms. The Bertz CT molecular complexity index is 59.6. The van der Waals surface area contributed by atoms with Gasteiger partial charge in [-0.2, -0.15) is 0 Å². The smallest absolute Gasteiger partial charge is 0.0927 e. The average molecular weight is 129 g/mol. The van der Waals surface area contributed by atoms with E-state index in [1.54, 1.807) is 0 Å². The molecule has 0 amide bonds. The van der Waals surface area contributed by atoms with Crippen molar-refractivity contribution >= 4 is 0 Å². The lowest BCUT2D eigenvalue weighted by Crippen LogP contribution is -2.03. The predicted molar refractivity (Wildman–Crippen MR) is 38.8 cm³/mol. The van der Waals surface area contributed by atoms with Crippen molar-refractivity contribution in [2.45, 2.75) is 46.1 Å². The van der Waals surface area contributed by atoms with Gasteiger partial charge in [0.2, 0.25) is 0 Å². The minimum absolute atomic E-state index is 0.313. The molecule has 1 radical (unpaired) electrons. The summed E-state index contributed by atoms with van der Waals surface area (Å²) in [5.41, 5.74) is 0. The summed E-state index contributed by atoms with van der Waals surface area (Å²) in [5, 5.41) is 10.8. The zero-order valence-electron chi connectivity index (χ0n) is 6.68. The first-order chi connectivity index (χ1) is 4.16. The molecule has 0 bridgehead atoms. The van der Waals surface area contributed by atoms with Crippen molar-refractivity contribution < 1.29 is 5.11 Å². The Labute approximate surface area is 58.1 Å². The molecule has 1 nitrogen and oxygen atoms in total. The van der Waals surface area contributed by atoms with E-state index in [0.29, 0.717) is 5.92 Å². The zero-order valence-corrected chi connectivity index (χ0v) is 6.68. The summed E-state index contributed by atoms with van der Waals surface area (Å²) < 4.78 is 0. The SMILES string of the molecule is CCC([O])CCC(C)C. The maximum absolute atomic E-state index is 10.8. The first kappa shape index (κ1) is 8.96. The van der Waals surface area contributed by atoms with Crippen molar-refractivity contribution in [3.63, 3.8) is 0 Å². The van der Waals surface area contributed by atoms with E-state index in [0.717, 1.165) is 19.3 Å². The van der Waals surface area contributed by atoms with Crippen molar-refractivity contribution in [3.05, 3.63) is 0 Å². The van der Waals surface area contributed by atoms with Gasteiger partial charge in [0.25, 0.3) is 0 Å². The maximum atomic E-state index is 10.8. The average Bonchev–Trinajstić information content (AvgIpc) is 1.83. The van der Waals surface area contributed by atoms with Gasteiger partial charge < -0.3 is 0 Å². The molecule has 0 saturated carbocycles. The van der Waals surface area contributed by atoms with Gasteiger partial charge in [-0.25, -0.2) is 5.11 Å². The van der Waals surface area contributed by atoms with E-state index in [-0.39, 0.29) is 6.10 Å². The summed E-state index contributed by atoms with van der Waals surface area (Å²) in [5.74, 6) is 0.688. The third-order valence-electron chi connectivity index (χ3n) is 1.52. The fourth-order valence-corrected chi connectivity index (χ4v) is 0.723. The summed E-state index contributed by atoms with van der Waals surface area (Å²) in [6, 6.07) is 0. The quantitative estimate of drug-likeness (QED) is 0.556. The van der Waals surface area contributed by atoms with E-state index in [9.17, 15) is 5.11 Å². The van der Waals surface area contributed by atoms with Crippen molar-refractivity contribution in [2.75, 3.05) is 0 Å². The van der Waals surface area contributed by atoms with Crippen molar-refractivity contribution in [2.24, 2.45) is 5.92 Å². The molecule has 0 aromatic carbocycles. The Morgan fingerprint density at radius 3 is 2.11 bits per heavy atom. The third kappa shape index (κ3) is 5.84. The molecule has 0 rings (SSSR count). The molecule has 0 aliphatic carbocycles. The van der Waals surface area contributed by atoms with Crippen LogP contribution in [-0.2, 0) is 5.11 Å². The second kappa shape index (κ2) is 4.80. The predicted octanol–water partition coefficient (Wildman–Crippen LogP) is 2.63. The highest BCUT2D eigenvalue weighted by molar-refractivity contribution is 4.53. The summed E-state index contributed by atoms with van der Waals surface area (Å²) >= 11 is 0. The van der Waals surface area contributed by atoms with Crippen LogP contribution in [0.4, 0.5) is 0 Å².